The van der Waals surface area contributed by atoms with Crippen molar-refractivity contribution in [3.05, 3.63) is 40.1 Å². The molecule has 0 aliphatic heterocycles. The monoisotopic (exact) mass is 345 g/mol. The summed E-state index contributed by atoms with van der Waals surface area (Å²) in [6.07, 6.45) is 5.07. The molecule has 3 aromatic heterocycles. The van der Waals surface area contributed by atoms with E-state index in [2.05, 4.69) is 40.3 Å². The van der Waals surface area contributed by atoms with Gasteiger partial charge < -0.3 is 10.4 Å². The van der Waals surface area contributed by atoms with Crippen LogP contribution in [-0.2, 0) is 6.54 Å². The van der Waals surface area contributed by atoms with Crippen LogP contribution in [0.5, 0.6) is 0 Å². The van der Waals surface area contributed by atoms with Crippen LogP contribution >= 0.6 is 11.3 Å². The summed E-state index contributed by atoms with van der Waals surface area (Å²) in [6, 6.07) is 2.31. The summed E-state index contributed by atoms with van der Waals surface area (Å²) in [7, 11) is 0. The Kier molecular flexibility index (Phi) is 4.59. The highest BCUT2D eigenvalue weighted by molar-refractivity contribution is 7.13. The minimum atomic E-state index is -0.942. The Morgan fingerprint density at radius 1 is 1.29 bits per heavy atom. The van der Waals surface area contributed by atoms with E-state index in [-0.39, 0.29) is 17.0 Å². The number of carbonyl (C=O) groups is 1. The zero-order chi connectivity index (χ0) is 17.3. The molecule has 3 heterocycles. The number of aromatic carboxylic acids is 1. The third-order valence-corrected chi connectivity index (χ3v) is 4.86. The highest BCUT2D eigenvalue weighted by Crippen LogP contribution is 2.21. The largest absolute Gasteiger partial charge is 0.477 e. The Morgan fingerprint density at radius 3 is 2.75 bits per heavy atom. The molecular formula is C16H19N5O2S. The lowest BCUT2D eigenvalue weighted by atomic mass is 10.2. The van der Waals surface area contributed by atoms with E-state index < -0.39 is 5.97 Å². The van der Waals surface area contributed by atoms with Crippen LogP contribution in [-0.4, -0.2) is 30.8 Å². The zero-order valence-electron chi connectivity index (χ0n) is 13.7. The van der Waals surface area contributed by atoms with Crippen molar-refractivity contribution in [3.63, 3.8) is 0 Å². The predicted molar refractivity (Wildman–Crippen MR) is 92.2 cm³/mol. The second-order valence-corrected chi connectivity index (χ2v) is 6.97. The lowest BCUT2D eigenvalue weighted by Gasteiger charge is -2.11. The number of carboxylic acids is 1. The third kappa shape index (κ3) is 3.29. The molecule has 0 fully saturated rings. The van der Waals surface area contributed by atoms with E-state index in [0.29, 0.717) is 6.54 Å². The van der Waals surface area contributed by atoms with Gasteiger partial charge in [0.05, 0.1) is 18.4 Å². The maximum Gasteiger partial charge on any atom is 0.347 e. The van der Waals surface area contributed by atoms with Gasteiger partial charge >= 0.3 is 5.97 Å². The van der Waals surface area contributed by atoms with Crippen LogP contribution in [0.3, 0.4) is 0 Å². The molecule has 0 spiro atoms. The van der Waals surface area contributed by atoms with Gasteiger partial charge in [-0.25, -0.2) is 19.4 Å². The molecule has 126 valence electrons. The highest BCUT2D eigenvalue weighted by Gasteiger charge is 2.14. The number of hydrogen-bond donors (Lipinski definition) is 2. The quantitative estimate of drug-likeness (QED) is 0.713. The normalized spacial score (nSPS) is 12.8. The van der Waals surface area contributed by atoms with Gasteiger partial charge in [-0.1, -0.05) is 0 Å². The zero-order valence-corrected chi connectivity index (χ0v) is 14.5. The van der Waals surface area contributed by atoms with Crippen molar-refractivity contribution < 1.29 is 9.90 Å². The first-order valence-corrected chi connectivity index (χ1v) is 8.52. The van der Waals surface area contributed by atoms with Crippen LogP contribution in [0.1, 0.15) is 53.1 Å². The molecule has 7 nitrogen and oxygen atoms in total. The van der Waals surface area contributed by atoms with Gasteiger partial charge in [-0.3, -0.25) is 0 Å². The Hall–Kier alpha value is -2.32. The first kappa shape index (κ1) is 16.5. The van der Waals surface area contributed by atoms with Crippen molar-refractivity contribution in [1.29, 1.82) is 0 Å². The molecule has 1 unspecified atom stereocenters. The van der Waals surface area contributed by atoms with Crippen LogP contribution in [0.2, 0.25) is 0 Å². The summed E-state index contributed by atoms with van der Waals surface area (Å²) in [5.41, 5.74) is 1.93. The standard InChI is InChI=1S/C16H19N5O2S/c1-9(2)21-14-12(7-20-21)4-11(6-18-14)5-17-10(3)15-19-8-13(24-15)16(22)23/h4,6-10,17H,5H2,1-3H3,(H,22,23). The second kappa shape index (κ2) is 6.66. The van der Waals surface area contributed by atoms with Gasteiger partial charge in [0, 0.05) is 24.2 Å². The molecule has 2 N–H and O–H groups in total. The van der Waals surface area contributed by atoms with Crippen LogP contribution in [0, 0.1) is 0 Å². The van der Waals surface area contributed by atoms with Crippen molar-refractivity contribution in [2.75, 3.05) is 0 Å². The molecule has 8 heteroatoms. The summed E-state index contributed by atoms with van der Waals surface area (Å²) >= 11 is 1.19. The first-order chi connectivity index (χ1) is 11.5. The fourth-order valence-electron chi connectivity index (χ4n) is 2.41. The minimum Gasteiger partial charge on any atom is -0.477 e. The van der Waals surface area contributed by atoms with Gasteiger partial charge in [0.25, 0.3) is 0 Å². The maximum absolute atomic E-state index is 10.9. The van der Waals surface area contributed by atoms with E-state index in [0.717, 1.165) is 21.6 Å². The Bertz CT molecular complexity index is 870. The Labute approximate surface area is 143 Å². The van der Waals surface area contributed by atoms with Gasteiger partial charge in [-0.05, 0) is 32.4 Å². The minimum absolute atomic E-state index is 0.0304. The number of rotatable bonds is 6. The number of hydrogen-bond acceptors (Lipinski definition) is 6. The van der Waals surface area contributed by atoms with Gasteiger partial charge in [-0.15, -0.1) is 11.3 Å². The number of nitrogens with zero attached hydrogens (tertiary/aromatic N) is 4. The van der Waals surface area contributed by atoms with Crippen molar-refractivity contribution in [3.8, 4) is 0 Å². The molecule has 1 atom stereocenters. The van der Waals surface area contributed by atoms with Crippen molar-refractivity contribution in [2.45, 2.75) is 39.4 Å². The third-order valence-electron chi connectivity index (χ3n) is 3.70. The SMILES string of the molecule is CC(NCc1cnc2c(cnn2C(C)C)c1)c1ncc(C(=O)O)s1. The van der Waals surface area contributed by atoms with Crippen molar-refractivity contribution in [2.24, 2.45) is 0 Å². The Morgan fingerprint density at radius 2 is 2.08 bits per heavy atom. The van der Waals surface area contributed by atoms with E-state index in [4.69, 9.17) is 5.11 Å². The van der Waals surface area contributed by atoms with E-state index >= 15 is 0 Å². The molecule has 0 amide bonds. The molecule has 0 radical (unpaired) electrons. The van der Waals surface area contributed by atoms with Crippen LogP contribution in [0.25, 0.3) is 11.0 Å². The Balaban J connectivity index is 1.69. The van der Waals surface area contributed by atoms with Gasteiger partial charge in [0.2, 0.25) is 0 Å². The number of thiazole rings is 1. The summed E-state index contributed by atoms with van der Waals surface area (Å²) < 4.78 is 1.90. The topological polar surface area (TPSA) is 92.9 Å². The molecule has 3 aromatic rings. The smallest absolute Gasteiger partial charge is 0.347 e. The summed E-state index contributed by atoms with van der Waals surface area (Å²) in [4.78, 5) is 19.9. The van der Waals surface area contributed by atoms with Gasteiger partial charge in [0.1, 0.15) is 9.88 Å². The van der Waals surface area contributed by atoms with E-state index in [1.807, 2.05) is 24.0 Å². The second-order valence-electron chi connectivity index (χ2n) is 5.91. The fraction of sp³-hybridized carbons (Fsp3) is 0.375. The molecule has 0 saturated heterocycles. The molecule has 3 rings (SSSR count). The number of nitrogens with one attached hydrogen (secondary N) is 1. The van der Waals surface area contributed by atoms with Crippen LogP contribution in [0.4, 0.5) is 0 Å². The highest BCUT2D eigenvalue weighted by atomic mass is 32.1. The molecule has 0 saturated carbocycles. The fourth-order valence-corrected chi connectivity index (χ4v) is 3.19. The first-order valence-electron chi connectivity index (χ1n) is 7.70. The summed E-state index contributed by atoms with van der Waals surface area (Å²) in [5.74, 6) is -0.942. The van der Waals surface area contributed by atoms with E-state index in [9.17, 15) is 4.79 Å². The van der Waals surface area contributed by atoms with Gasteiger partial charge in [-0.2, -0.15) is 5.10 Å². The van der Waals surface area contributed by atoms with E-state index in [1.165, 1.54) is 17.5 Å². The van der Waals surface area contributed by atoms with Gasteiger partial charge in [0.15, 0.2) is 5.65 Å². The predicted octanol–water partition coefficient (Wildman–Crippen LogP) is 3.02. The lowest BCUT2D eigenvalue weighted by Crippen LogP contribution is -2.18. The van der Waals surface area contributed by atoms with Crippen LogP contribution < -0.4 is 5.32 Å². The average Bonchev–Trinajstić information content (AvgIpc) is 3.19. The summed E-state index contributed by atoms with van der Waals surface area (Å²) in [5, 5.41) is 18.5. The molecule has 0 aliphatic carbocycles. The maximum atomic E-state index is 10.9. The molecule has 0 aliphatic rings. The number of carboxylic acid groups (broad SMARTS) is 1. The molecule has 0 aromatic carbocycles. The van der Waals surface area contributed by atoms with E-state index in [1.54, 1.807) is 0 Å². The number of pyridine rings is 1. The average molecular weight is 345 g/mol. The number of aromatic nitrogens is 4. The molecule has 0 bridgehead atoms. The number of fused-ring (bicyclic) bond motifs is 1. The lowest BCUT2D eigenvalue weighted by molar-refractivity contribution is 0.0702. The molecular weight excluding hydrogens is 326 g/mol. The molecule has 24 heavy (non-hydrogen) atoms. The van der Waals surface area contributed by atoms with Crippen LogP contribution in [0.15, 0.2) is 24.7 Å². The van der Waals surface area contributed by atoms with Crippen molar-refractivity contribution >= 4 is 28.3 Å². The summed E-state index contributed by atoms with van der Waals surface area (Å²) in [6.45, 7) is 6.74. The van der Waals surface area contributed by atoms with Crippen molar-refractivity contribution in [1.82, 2.24) is 25.1 Å².